The fraction of sp³-hybridized carbons (Fsp3) is 0.115. The maximum atomic E-state index is 6.63. The molecule has 54 heavy (non-hydrogen) atoms. The Hall–Kier alpha value is -6.38. The molecule has 9 aromatic rings. The molecule has 0 saturated carbocycles. The molecular formula is C52H39NO. The van der Waals surface area contributed by atoms with Crippen LogP contribution in [0.1, 0.15) is 49.9 Å². The van der Waals surface area contributed by atoms with Crippen molar-refractivity contribution in [1.82, 2.24) is 0 Å². The number of hydrogen-bond acceptors (Lipinski definition) is 2. The number of furan rings is 1. The molecule has 2 nitrogen and oxygen atoms in total. The first-order valence-corrected chi connectivity index (χ1v) is 19.0. The third kappa shape index (κ3) is 4.28. The van der Waals surface area contributed by atoms with Crippen LogP contribution in [0.3, 0.4) is 0 Å². The van der Waals surface area contributed by atoms with E-state index in [1.807, 2.05) is 6.07 Å². The first-order chi connectivity index (χ1) is 26.3. The Labute approximate surface area is 315 Å². The van der Waals surface area contributed by atoms with Gasteiger partial charge in [-0.05, 0) is 109 Å². The van der Waals surface area contributed by atoms with E-state index in [9.17, 15) is 0 Å². The van der Waals surface area contributed by atoms with Gasteiger partial charge in [-0.15, -0.1) is 0 Å². The van der Waals surface area contributed by atoms with Crippen molar-refractivity contribution in [1.29, 1.82) is 0 Å². The van der Waals surface area contributed by atoms with Crippen LogP contribution in [0.25, 0.3) is 66.1 Å². The molecule has 0 amide bonds. The molecule has 258 valence electrons. The molecule has 0 saturated heterocycles. The van der Waals surface area contributed by atoms with Gasteiger partial charge in [0.05, 0.1) is 0 Å². The highest BCUT2D eigenvalue weighted by atomic mass is 16.3. The molecule has 11 rings (SSSR count). The average Bonchev–Trinajstić information content (AvgIpc) is 3.77. The number of nitrogens with zero attached hydrogens (tertiary/aromatic N) is 1. The van der Waals surface area contributed by atoms with Crippen molar-refractivity contribution in [3.8, 4) is 33.4 Å². The van der Waals surface area contributed by atoms with Crippen molar-refractivity contribution in [2.75, 3.05) is 4.90 Å². The predicted molar refractivity (Wildman–Crippen MR) is 226 cm³/mol. The summed E-state index contributed by atoms with van der Waals surface area (Å²) in [5.74, 6) is 0. The van der Waals surface area contributed by atoms with Gasteiger partial charge >= 0.3 is 0 Å². The second kappa shape index (κ2) is 11.1. The first kappa shape index (κ1) is 31.2. The van der Waals surface area contributed by atoms with Crippen molar-refractivity contribution in [3.63, 3.8) is 0 Å². The van der Waals surface area contributed by atoms with Gasteiger partial charge in [0.2, 0.25) is 0 Å². The predicted octanol–water partition coefficient (Wildman–Crippen LogP) is 14.5. The maximum absolute atomic E-state index is 6.63. The molecule has 2 aliphatic carbocycles. The van der Waals surface area contributed by atoms with Crippen molar-refractivity contribution < 1.29 is 4.42 Å². The number of hydrogen-bond donors (Lipinski definition) is 0. The molecule has 2 aliphatic rings. The molecule has 0 spiro atoms. The maximum Gasteiger partial charge on any atom is 0.143 e. The molecule has 0 N–H and O–H groups in total. The molecule has 0 fully saturated rings. The molecule has 0 unspecified atom stereocenters. The molecule has 1 aromatic heterocycles. The fourth-order valence-corrected chi connectivity index (χ4v) is 9.70. The molecule has 8 aromatic carbocycles. The number of para-hydroxylation sites is 1. The van der Waals surface area contributed by atoms with E-state index in [-0.39, 0.29) is 10.8 Å². The van der Waals surface area contributed by atoms with Gasteiger partial charge in [-0.25, -0.2) is 0 Å². The second-order valence-electron chi connectivity index (χ2n) is 16.1. The van der Waals surface area contributed by atoms with Gasteiger partial charge in [-0.3, -0.25) is 0 Å². The Morgan fingerprint density at radius 1 is 0.407 bits per heavy atom. The third-order valence-corrected chi connectivity index (χ3v) is 12.5. The van der Waals surface area contributed by atoms with E-state index in [2.05, 4.69) is 190 Å². The van der Waals surface area contributed by atoms with Crippen LogP contribution in [0, 0.1) is 0 Å². The van der Waals surface area contributed by atoms with E-state index in [1.54, 1.807) is 0 Å². The zero-order chi connectivity index (χ0) is 36.3. The van der Waals surface area contributed by atoms with Crippen molar-refractivity contribution in [2.24, 2.45) is 0 Å². The fourth-order valence-electron chi connectivity index (χ4n) is 9.70. The molecule has 0 radical (unpaired) electrons. The summed E-state index contributed by atoms with van der Waals surface area (Å²) >= 11 is 0. The lowest BCUT2D eigenvalue weighted by Gasteiger charge is -2.30. The second-order valence-corrected chi connectivity index (χ2v) is 16.1. The average molecular weight is 694 g/mol. The molecule has 0 bridgehead atoms. The van der Waals surface area contributed by atoms with Crippen LogP contribution in [0.2, 0.25) is 0 Å². The van der Waals surface area contributed by atoms with Gasteiger partial charge in [0.15, 0.2) is 0 Å². The SMILES string of the molecule is CC1(C)c2ccccc2-c2ccc(N(c3ccc(-c4c5ccccc5cc5c4oc4ccccc45)cc3)c3ccc4c(c3)C(C)(C)c3ccccc3-4)cc21. The third-order valence-electron chi connectivity index (χ3n) is 12.5. The first-order valence-electron chi connectivity index (χ1n) is 19.0. The van der Waals surface area contributed by atoms with Crippen molar-refractivity contribution in [2.45, 2.75) is 38.5 Å². The topological polar surface area (TPSA) is 16.4 Å². The Morgan fingerprint density at radius 2 is 0.907 bits per heavy atom. The van der Waals surface area contributed by atoms with Crippen LogP contribution in [-0.4, -0.2) is 0 Å². The summed E-state index contributed by atoms with van der Waals surface area (Å²) in [6, 6.07) is 60.3. The number of benzene rings is 8. The molecule has 2 heteroatoms. The summed E-state index contributed by atoms with van der Waals surface area (Å²) in [5.41, 5.74) is 18.1. The molecule has 1 heterocycles. The highest BCUT2D eigenvalue weighted by Gasteiger charge is 2.37. The summed E-state index contributed by atoms with van der Waals surface area (Å²) < 4.78 is 6.63. The van der Waals surface area contributed by atoms with Gasteiger partial charge in [-0.1, -0.05) is 143 Å². The van der Waals surface area contributed by atoms with E-state index in [0.717, 1.165) is 50.1 Å². The van der Waals surface area contributed by atoms with Gasteiger partial charge in [0, 0.05) is 44.2 Å². The van der Waals surface area contributed by atoms with Crippen LogP contribution >= 0.6 is 0 Å². The monoisotopic (exact) mass is 693 g/mol. The normalized spacial score (nSPS) is 14.6. The lowest BCUT2D eigenvalue weighted by atomic mass is 9.82. The smallest absolute Gasteiger partial charge is 0.143 e. The van der Waals surface area contributed by atoms with E-state index in [1.165, 1.54) is 55.3 Å². The number of fused-ring (bicyclic) bond motifs is 10. The molecule has 0 atom stereocenters. The Kier molecular flexibility index (Phi) is 6.39. The molecular weight excluding hydrogens is 655 g/mol. The highest BCUT2D eigenvalue weighted by Crippen LogP contribution is 2.53. The van der Waals surface area contributed by atoms with Crippen LogP contribution in [0.5, 0.6) is 0 Å². The summed E-state index contributed by atoms with van der Waals surface area (Å²) in [6.07, 6.45) is 0. The van der Waals surface area contributed by atoms with Crippen LogP contribution < -0.4 is 4.90 Å². The Morgan fingerprint density at radius 3 is 1.54 bits per heavy atom. The minimum absolute atomic E-state index is 0.106. The number of anilines is 3. The zero-order valence-electron chi connectivity index (χ0n) is 30.9. The minimum Gasteiger partial charge on any atom is -0.455 e. The standard InChI is InChI=1S/C52H39NO/c1-51(2)44-18-10-7-15-38(44)40-27-25-35(30-46(40)51)53(36-26-28-41-39-16-8-11-19-45(39)52(3,4)47(41)31-36)34-23-21-32(22-24-34)49-37-14-6-5-13-33(37)29-43-42-17-9-12-20-48(42)54-50(43)49/h5-31H,1-4H3. The van der Waals surface area contributed by atoms with Crippen molar-refractivity contribution >= 4 is 49.8 Å². The van der Waals surface area contributed by atoms with E-state index >= 15 is 0 Å². The minimum atomic E-state index is -0.106. The highest BCUT2D eigenvalue weighted by molar-refractivity contribution is 6.18. The van der Waals surface area contributed by atoms with Gasteiger partial charge < -0.3 is 9.32 Å². The van der Waals surface area contributed by atoms with Gasteiger partial charge in [0.1, 0.15) is 11.2 Å². The van der Waals surface area contributed by atoms with Crippen LogP contribution in [0.4, 0.5) is 17.1 Å². The quantitative estimate of drug-likeness (QED) is 0.182. The van der Waals surface area contributed by atoms with Gasteiger partial charge in [0.25, 0.3) is 0 Å². The molecule has 0 aliphatic heterocycles. The van der Waals surface area contributed by atoms with Gasteiger partial charge in [-0.2, -0.15) is 0 Å². The summed E-state index contributed by atoms with van der Waals surface area (Å²) in [7, 11) is 0. The lowest BCUT2D eigenvalue weighted by molar-refractivity contribution is 0.660. The van der Waals surface area contributed by atoms with Crippen molar-refractivity contribution in [3.05, 3.63) is 186 Å². The summed E-state index contributed by atoms with van der Waals surface area (Å²) in [6.45, 7) is 9.44. The summed E-state index contributed by atoms with van der Waals surface area (Å²) in [5, 5.41) is 4.69. The van der Waals surface area contributed by atoms with E-state index in [0.29, 0.717) is 0 Å². The summed E-state index contributed by atoms with van der Waals surface area (Å²) in [4.78, 5) is 2.45. The zero-order valence-corrected chi connectivity index (χ0v) is 30.9. The van der Waals surface area contributed by atoms with Crippen LogP contribution in [-0.2, 0) is 10.8 Å². The van der Waals surface area contributed by atoms with E-state index < -0.39 is 0 Å². The largest absolute Gasteiger partial charge is 0.455 e. The van der Waals surface area contributed by atoms with E-state index in [4.69, 9.17) is 4.42 Å². The Balaban J connectivity index is 1.10. The van der Waals surface area contributed by atoms with Crippen LogP contribution in [0.15, 0.2) is 168 Å². The Bertz CT molecular complexity index is 2890. The number of rotatable bonds is 4. The lowest BCUT2D eigenvalue weighted by Crippen LogP contribution is -2.18.